The number of oxime groups is 1. The molecule has 0 unspecified atom stereocenters. The second-order valence-corrected chi connectivity index (χ2v) is 3.53. The molecule has 0 amide bonds. The van der Waals surface area contributed by atoms with E-state index >= 15 is 0 Å². The lowest BCUT2D eigenvalue weighted by molar-refractivity contribution is 0.0519. The Labute approximate surface area is 94.1 Å². The first-order valence-corrected chi connectivity index (χ1v) is 5.08. The number of carbonyl (C=O) groups is 1. The lowest BCUT2D eigenvalue weighted by Gasteiger charge is -2.01. The summed E-state index contributed by atoms with van der Waals surface area (Å²) in [5, 5.41) is 11.9. The number of carbonyl (C=O) groups excluding carboxylic acids is 1. The minimum Gasteiger partial charge on any atom is -0.461 e. The lowest BCUT2D eigenvalue weighted by atomic mass is 10.1. The number of ether oxygens (including phenoxy) is 1. The van der Waals surface area contributed by atoms with Crippen molar-refractivity contribution in [3.05, 3.63) is 22.5 Å². The second-order valence-electron chi connectivity index (χ2n) is 3.53. The number of rotatable bonds is 3. The van der Waals surface area contributed by atoms with Gasteiger partial charge in [0.25, 0.3) is 0 Å². The minimum atomic E-state index is -0.389. The quantitative estimate of drug-likeness (QED) is 0.357. The van der Waals surface area contributed by atoms with E-state index in [1.807, 2.05) is 6.92 Å². The molecule has 0 atom stereocenters. The van der Waals surface area contributed by atoms with E-state index in [-0.39, 0.29) is 5.97 Å². The van der Waals surface area contributed by atoms with Gasteiger partial charge in [-0.15, -0.1) is 0 Å². The van der Waals surface area contributed by atoms with Gasteiger partial charge in [-0.2, -0.15) is 0 Å². The fourth-order valence-corrected chi connectivity index (χ4v) is 1.75. The van der Waals surface area contributed by atoms with Gasteiger partial charge >= 0.3 is 5.97 Å². The molecule has 0 fully saturated rings. The third-order valence-corrected chi connectivity index (χ3v) is 2.43. The topological polar surface area (TPSA) is 74.7 Å². The van der Waals surface area contributed by atoms with Crippen LogP contribution in [0.3, 0.4) is 0 Å². The Morgan fingerprint density at radius 1 is 1.50 bits per heavy atom. The molecule has 16 heavy (non-hydrogen) atoms. The summed E-state index contributed by atoms with van der Waals surface area (Å²) in [4.78, 5) is 14.5. The first-order valence-electron chi connectivity index (χ1n) is 5.08. The van der Waals surface area contributed by atoms with Crippen molar-refractivity contribution in [1.82, 2.24) is 4.98 Å². The first kappa shape index (κ1) is 12.3. The van der Waals surface area contributed by atoms with Crippen LogP contribution < -0.4 is 0 Å². The average molecular weight is 224 g/mol. The molecule has 1 heterocycles. The highest BCUT2D eigenvalue weighted by Crippen LogP contribution is 2.19. The molecule has 0 bridgehead atoms. The van der Waals surface area contributed by atoms with Crippen molar-refractivity contribution < 1.29 is 14.7 Å². The van der Waals surface area contributed by atoms with Crippen molar-refractivity contribution in [2.24, 2.45) is 5.16 Å². The molecule has 1 aromatic heterocycles. The van der Waals surface area contributed by atoms with Crippen LogP contribution in [0.15, 0.2) is 5.16 Å². The molecule has 5 heteroatoms. The molecule has 0 radical (unpaired) electrons. The SMILES string of the molecule is CCOC(=O)c1[nH]c(C)c(/C(C)=N/O)c1C. The van der Waals surface area contributed by atoms with Crippen molar-refractivity contribution in [1.29, 1.82) is 0 Å². The smallest absolute Gasteiger partial charge is 0.355 e. The standard InChI is InChI=1S/C11H16N2O3/c1-5-16-11(14)10-6(2)9(7(3)12-10)8(4)13-15/h12,15H,5H2,1-4H3/b13-8+. The zero-order valence-corrected chi connectivity index (χ0v) is 9.92. The molecule has 0 aliphatic heterocycles. The summed E-state index contributed by atoms with van der Waals surface area (Å²) >= 11 is 0. The highest BCUT2D eigenvalue weighted by molar-refractivity contribution is 6.03. The molecule has 88 valence electrons. The minimum absolute atomic E-state index is 0.332. The first-order chi connectivity index (χ1) is 7.52. The Kier molecular flexibility index (Phi) is 3.71. The van der Waals surface area contributed by atoms with Crippen LogP contribution in [-0.4, -0.2) is 28.5 Å². The van der Waals surface area contributed by atoms with Gasteiger partial charge in [0.2, 0.25) is 0 Å². The number of H-pyrrole nitrogens is 1. The van der Waals surface area contributed by atoms with Gasteiger partial charge in [-0.05, 0) is 33.3 Å². The van der Waals surface area contributed by atoms with Crippen molar-refractivity contribution in [2.75, 3.05) is 6.61 Å². The Hall–Kier alpha value is -1.78. The number of aryl methyl sites for hydroxylation is 1. The molecular formula is C11H16N2O3. The molecule has 1 rings (SSSR count). The van der Waals surface area contributed by atoms with Crippen LogP contribution in [0.1, 0.15) is 41.2 Å². The van der Waals surface area contributed by atoms with E-state index in [0.717, 1.165) is 16.8 Å². The van der Waals surface area contributed by atoms with Gasteiger partial charge in [-0.1, -0.05) is 5.16 Å². The van der Waals surface area contributed by atoms with Gasteiger partial charge in [-0.3, -0.25) is 0 Å². The fraction of sp³-hybridized carbons (Fsp3) is 0.455. The monoisotopic (exact) mass is 224 g/mol. The highest BCUT2D eigenvalue weighted by Gasteiger charge is 2.19. The number of aromatic nitrogens is 1. The third-order valence-electron chi connectivity index (χ3n) is 2.43. The number of hydrogen-bond acceptors (Lipinski definition) is 4. The maximum Gasteiger partial charge on any atom is 0.355 e. The van der Waals surface area contributed by atoms with Crippen molar-refractivity contribution in [3.8, 4) is 0 Å². The second kappa shape index (κ2) is 4.83. The number of nitrogens with zero attached hydrogens (tertiary/aromatic N) is 1. The van der Waals surface area contributed by atoms with Gasteiger partial charge in [-0.25, -0.2) is 4.79 Å². The summed E-state index contributed by atoms with van der Waals surface area (Å²) in [6.07, 6.45) is 0. The van der Waals surface area contributed by atoms with Gasteiger partial charge in [0, 0.05) is 11.3 Å². The van der Waals surface area contributed by atoms with Crippen molar-refractivity contribution >= 4 is 11.7 Å². The maximum atomic E-state index is 11.6. The summed E-state index contributed by atoms with van der Waals surface area (Å²) in [6.45, 7) is 7.38. The van der Waals surface area contributed by atoms with E-state index < -0.39 is 0 Å². The Balaban J connectivity index is 3.21. The summed E-state index contributed by atoms with van der Waals surface area (Å²) in [6, 6.07) is 0. The van der Waals surface area contributed by atoms with Gasteiger partial charge < -0.3 is 14.9 Å². The molecule has 2 N–H and O–H groups in total. The summed E-state index contributed by atoms with van der Waals surface area (Å²) < 4.78 is 4.92. The number of hydrogen-bond donors (Lipinski definition) is 2. The molecule has 0 aliphatic carbocycles. The van der Waals surface area contributed by atoms with Gasteiger partial charge in [0.05, 0.1) is 12.3 Å². The van der Waals surface area contributed by atoms with E-state index in [2.05, 4.69) is 10.1 Å². The van der Waals surface area contributed by atoms with Crippen molar-refractivity contribution in [3.63, 3.8) is 0 Å². The molecule has 5 nitrogen and oxygen atoms in total. The van der Waals surface area contributed by atoms with Gasteiger partial charge in [0.1, 0.15) is 5.69 Å². The van der Waals surface area contributed by atoms with Crippen LogP contribution in [0.25, 0.3) is 0 Å². The molecule has 1 aromatic rings. The summed E-state index contributed by atoms with van der Waals surface area (Å²) in [5.74, 6) is -0.389. The normalized spacial score (nSPS) is 11.6. The van der Waals surface area contributed by atoms with Crippen LogP contribution >= 0.6 is 0 Å². The molecule has 0 saturated heterocycles. The largest absolute Gasteiger partial charge is 0.461 e. The third kappa shape index (κ3) is 2.08. The predicted molar refractivity (Wildman–Crippen MR) is 60.2 cm³/mol. The van der Waals surface area contributed by atoms with Crippen LogP contribution in [0.5, 0.6) is 0 Å². The molecule has 0 aliphatic rings. The van der Waals surface area contributed by atoms with Gasteiger partial charge in [0.15, 0.2) is 0 Å². The fourth-order valence-electron chi connectivity index (χ4n) is 1.75. The van der Waals surface area contributed by atoms with E-state index in [4.69, 9.17) is 9.94 Å². The Bertz CT molecular complexity index is 433. The average Bonchev–Trinajstić information content (AvgIpc) is 2.54. The zero-order chi connectivity index (χ0) is 12.3. The van der Waals surface area contributed by atoms with E-state index in [1.165, 1.54) is 0 Å². The maximum absolute atomic E-state index is 11.6. The Morgan fingerprint density at radius 2 is 2.12 bits per heavy atom. The van der Waals surface area contributed by atoms with E-state index in [0.29, 0.717) is 18.0 Å². The highest BCUT2D eigenvalue weighted by atomic mass is 16.5. The van der Waals surface area contributed by atoms with E-state index in [1.54, 1.807) is 20.8 Å². The van der Waals surface area contributed by atoms with Crippen LogP contribution in [-0.2, 0) is 4.74 Å². The zero-order valence-electron chi connectivity index (χ0n) is 9.92. The number of aromatic amines is 1. The predicted octanol–water partition coefficient (Wildman–Crippen LogP) is 2.01. The van der Waals surface area contributed by atoms with Crippen LogP contribution in [0.2, 0.25) is 0 Å². The molecular weight excluding hydrogens is 208 g/mol. The van der Waals surface area contributed by atoms with Crippen LogP contribution in [0, 0.1) is 13.8 Å². The summed E-state index contributed by atoms with van der Waals surface area (Å²) in [5.41, 5.74) is 3.17. The number of esters is 1. The molecule has 0 aromatic carbocycles. The Morgan fingerprint density at radius 3 is 2.62 bits per heavy atom. The van der Waals surface area contributed by atoms with Crippen LogP contribution in [0.4, 0.5) is 0 Å². The lowest BCUT2D eigenvalue weighted by Crippen LogP contribution is -2.07. The molecule has 0 saturated carbocycles. The summed E-state index contributed by atoms with van der Waals surface area (Å²) in [7, 11) is 0. The van der Waals surface area contributed by atoms with E-state index in [9.17, 15) is 4.79 Å². The molecule has 0 spiro atoms. The van der Waals surface area contributed by atoms with Crippen molar-refractivity contribution in [2.45, 2.75) is 27.7 Å². The number of nitrogens with one attached hydrogen (secondary N) is 1.